The zero-order valence-corrected chi connectivity index (χ0v) is 19.2. The van der Waals surface area contributed by atoms with Crippen molar-refractivity contribution in [1.82, 2.24) is 9.97 Å². The third kappa shape index (κ3) is 6.88. The number of benzene rings is 2. The number of hydrogen-bond donors (Lipinski definition) is 2. The Labute approximate surface area is 196 Å². The van der Waals surface area contributed by atoms with Gasteiger partial charge in [0.25, 0.3) is 0 Å². The summed E-state index contributed by atoms with van der Waals surface area (Å²) >= 11 is 0. The summed E-state index contributed by atoms with van der Waals surface area (Å²) in [6.45, 7) is 0. The van der Waals surface area contributed by atoms with Crippen molar-refractivity contribution >= 4 is 11.7 Å². The Bertz CT molecular complexity index is 1030. The molecule has 0 unspecified atom stereocenters. The molecule has 1 amide bonds. The molecule has 1 saturated carbocycles. The molecule has 0 radical (unpaired) electrons. The molecular weight excluding hydrogens is 410 g/mol. The van der Waals surface area contributed by atoms with Crippen LogP contribution >= 0.6 is 0 Å². The molecule has 172 valence electrons. The Morgan fingerprint density at radius 2 is 1.73 bits per heavy atom. The molecule has 0 atom stereocenters. The number of aromatic hydroxyl groups is 1. The van der Waals surface area contributed by atoms with Gasteiger partial charge in [0.15, 0.2) is 5.82 Å². The number of amides is 1. The second-order valence-corrected chi connectivity index (χ2v) is 9.03. The molecule has 0 spiro atoms. The minimum atomic E-state index is -0.0171. The number of aromatic nitrogens is 2. The lowest BCUT2D eigenvalue weighted by Gasteiger charge is -2.21. The zero-order valence-electron chi connectivity index (χ0n) is 19.2. The van der Waals surface area contributed by atoms with Crippen LogP contribution in [0.2, 0.25) is 0 Å². The molecule has 5 nitrogen and oxygen atoms in total. The maximum absolute atomic E-state index is 12.6. The highest BCUT2D eigenvalue weighted by atomic mass is 16.3. The molecular formula is C28H33N3O2. The van der Waals surface area contributed by atoms with Crippen LogP contribution in [0.1, 0.15) is 62.6 Å². The summed E-state index contributed by atoms with van der Waals surface area (Å²) in [6.07, 6.45) is 12.3. The zero-order chi connectivity index (χ0) is 22.9. The summed E-state index contributed by atoms with van der Waals surface area (Å²) in [5, 5.41) is 12.6. The van der Waals surface area contributed by atoms with Gasteiger partial charge in [0.1, 0.15) is 5.75 Å². The van der Waals surface area contributed by atoms with E-state index in [9.17, 15) is 9.90 Å². The van der Waals surface area contributed by atoms with Gasteiger partial charge in [-0.3, -0.25) is 4.79 Å². The van der Waals surface area contributed by atoms with E-state index in [0.717, 1.165) is 48.6 Å². The monoisotopic (exact) mass is 443 g/mol. The minimum Gasteiger partial charge on any atom is -0.508 e. The molecule has 0 saturated heterocycles. The van der Waals surface area contributed by atoms with Gasteiger partial charge < -0.3 is 10.4 Å². The highest BCUT2D eigenvalue weighted by Gasteiger charge is 2.17. The Morgan fingerprint density at radius 3 is 2.48 bits per heavy atom. The molecule has 2 N–H and O–H groups in total. The van der Waals surface area contributed by atoms with Crippen LogP contribution in [0.5, 0.6) is 5.75 Å². The van der Waals surface area contributed by atoms with E-state index in [4.69, 9.17) is 4.98 Å². The SMILES string of the molecule is O=C(CCCc1ccccc1)Nc1ncc(-c2ccc(O)cc2)nc1CCC1CCCCC1. The van der Waals surface area contributed by atoms with Crippen molar-refractivity contribution in [2.24, 2.45) is 5.92 Å². The maximum Gasteiger partial charge on any atom is 0.225 e. The quantitative estimate of drug-likeness (QED) is 0.405. The second kappa shape index (κ2) is 11.6. The number of phenols is 1. The van der Waals surface area contributed by atoms with Gasteiger partial charge >= 0.3 is 0 Å². The summed E-state index contributed by atoms with van der Waals surface area (Å²) < 4.78 is 0. The van der Waals surface area contributed by atoms with Crippen LogP contribution in [-0.4, -0.2) is 21.0 Å². The van der Waals surface area contributed by atoms with Crippen molar-refractivity contribution in [1.29, 1.82) is 0 Å². The third-order valence-electron chi connectivity index (χ3n) is 6.49. The molecule has 0 aliphatic heterocycles. The summed E-state index contributed by atoms with van der Waals surface area (Å²) in [5.74, 6) is 1.52. The van der Waals surface area contributed by atoms with Gasteiger partial charge in [-0.25, -0.2) is 9.97 Å². The topological polar surface area (TPSA) is 75.1 Å². The molecule has 0 bridgehead atoms. The van der Waals surface area contributed by atoms with Gasteiger partial charge in [-0.1, -0.05) is 62.4 Å². The van der Waals surface area contributed by atoms with E-state index >= 15 is 0 Å². The van der Waals surface area contributed by atoms with Gasteiger partial charge in [0, 0.05) is 12.0 Å². The lowest BCUT2D eigenvalue weighted by molar-refractivity contribution is -0.116. The molecule has 1 aliphatic rings. The summed E-state index contributed by atoms with van der Waals surface area (Å²) in [7, 11) is 0. The van der Waals surface area contributed by atoms with Crippen LogP contribution in [0.3, 0.4) is 0 Å². The van der Waals surface area contributed by atoms with E-state index in [2.05, 4.69) is 22.4 Å². The van der Waals surface area contributed by atoms with E-state index in [1.807, 2.05) is 30.3 Å². The number of carbonyl (C=O) groups excluding carboxylic acids is 1. The number of nitrogens with one attached hydrogen (secondary N) is 1. The van der Waals surface area contributed by atoms with E-state index in [-0.39, 0.29) is 11.7 Å². The average molecular weight is 444 g/mol. The largest absolute Gasteiger partial charge is 0.508 e. The Morgan fingerprint density at radius 1 is 0.970 bits per heavy atom. The van der Waals surface area contributed by atoms with Crippen LogP contribution in [0.15, 0.2) is 60.8 Å². The van der Waals surface area contributed by atoms with Crippen LogP contribution in [0.4, 0.5) is 5.82 Å². The minimum absolute atomic E-state index is 0.0171. The first kappa shape index (κ1) is 23.0. The van der Waals surface area contributed by atoms with E-state index in [1.54, 1.807) is 18.3 Å². The number of aryl methyl sites for hydroxylation is 2. The predicted octanol–water partition coefficient (Wildman–Crippen LogP) is 6.32. The van der Waals surface area contributed by atoms with Gasteiger partial charge in [-0.05, 0) is 61.4 Å². The Hall–Kier alpha value is -3.21. The molecule has 1 heterocycles. The van der Waals surface area contributed by atoms with Crippen LogP contribution in [0.25, 0.3) is 11.3 Å². The van der Waals surface area contributed by atoms with Crippen molar-refractivity contribution in [2.45, 2.75) is 64.2 Å². The van der Waals surface area contributed by atoms with E-state index in [1.165, 1.54) is 37.7 Å². The number of hydrogen-bond acceptors (Lipinski definition) is 4. The lowest BCUT2D eigenvalue weighted by Crippen LogP contribution is -2.16. The van der Waals surface area contributed by atoms with Crippen molar-refractivity contribution in [3.05, 3.63) is 72.1 Å². The normalized spacial score (nSPS) is 14.2. The fraction of sp³-hybridized carbons (Fsp3) is 0.393. The smallest absolute Gasteiger partial charge is 0.225 e. The predicted molar refractivity (Wildman–Crippen MR) is 132 cm³/mol. The fourth-order valence-corrected chi connectivity index (χ4v) is 4.59. The van der Waals surface area contributed by atoms with Crippen molar-refractivity contribution in [2.75, 3.05) is 5.32 Å². The van der Waals surface area contributed by atoms with E-state index < -0.39 is 0 Å². The summed E-state index contributed by atoms with van der Waals surface area (Å²) in [6, 6.07) is 17.2. The second-order valence-electron chi connectivity index (χ2n) is 9.03. The van der Waals surface area contributed by atoms with E-state index in [0.29, 0.717) is 12.2 Å². The van der Waals surface area contributed by atoms with Gasteiger partial charge in [0.05, 0.1) is 17.6 Å². The molecule has 1 aromatic heterocycles. The number of nitrogens with zero attached hydrogens (tertiary/aromatic N) is 2. The first-order valence-corrected chi connectivity index (χ1v) is 12.2. The number of anilines is 1. The molecule has 33 heavy (non-hydrogen) atoms. The molecule has 4 rings (SSSR count). The summed E-state index contributed by atoms with van der Waals surface area (Å²) in [5.41, 5.74) is 3.76. The van der Waals surface area contributed by atoms with Crippen molar-refractivity contribution in [3.63, 3.8) is 0 Å². The molecule has 3 aromatic rings. The number of carbonyl (C=O) groups is 1. The average Bonchev–Trinajstić information content (AvgIpc) is 2.85. The highest BCUT2D eigenvalue weighted by Crippen LogP contribution is 2.29. The number of phenolic OH excluding ortho intramolecular Hbond substituents is 1. The molecule has 5 heteroatoms. The lowest BCUT2D eigenvalue weighted by atomic mass is 9.86. The van der Waals surface area contributed by atoms with Gasteiger partial charge in [0.2, 0.25) is 5.91 Å². The molecule has 2 aromatic carbocycles. The number of rotatable bonds is 9. The van der Waals surface area contributed by atoms with Gasteiger partial charge in [-0.15, -0.1) is 0 Å². The summed E-state index contributed by atoms with van der Waals surface area (Å²) in [4.78, 5) is 22.1. The fourth-order valence-electron chi connectivity index (χ4n) is 4.59. The van der Waals surface area contributed by atoms with Crippen LogP contribution < -0.4 is 5.32 Å². The highest BCUT2D eigenvalue weighted by molar-refractivity contribution is 5.90. The first-order chi connectivity index (χ1) is 16.2. The standard InChI is InChI=1S/C28H33N3O2/c32-24-17-15-23(16-18-24)26-20-29-28(25(30-26)19-14-22-10-5-2-6-11-22)31-27(33)13-7-12-21-8-3-1-4-9-21/h1,3-4,8-9,15-18,20,22,32H,2,5-7,10-14,19H2,(H,29,31,33). The van der Waals surface area contributed by atoms with Crippen LogP contribution in [-0.2, 0) is 17.6 Å². The van der Waals surface area contributed by atoms with Crippen LogP contribution in [0, 0.1) is 5.92 Å². The molecule has 1 aliphatic carbocycles. The Kier molecular flexibility index (Phi) is 8.07. The molecule has 1 fully saturated rings. The van der Waals surface area contributed by atoms with Crippen molar-refractivity contribution < 1.29 is 9.90 Å². The Balaban J connectivity index is 1.43. The maximum atomic E-state index is 12.6. The first-order valence-electron chi connectivity index (χ1n) is 12.2. The van der Waals surface area contributed by atoms with Crippen molar-refractivity contribution in [3.8, 4) is 17.0 Å². The van der Waals surface area contributed by atoms with Gasteiger partial charge in [-0.2, -0.15) is 0 Å². The third-order valence-corrected chi connectivity index (χ3v) is 6.49.